The molecule has 0 saturated heterocycles. The van der Waals surface area contributed by atoms with Gasteiger partial charge >= 0.3 is 0 Å². The lowest BCUT2D eigenvalue weighted by molar-refractivity contribution is -0.137. The second-order valence-corrected chi connectivity index (χ2v) is 6.89. The molecule has 1 aliphatic carbocycles. The zero-order valence-corrected chi connectivity index (χ0v) is 13.2. The topological polar surface area (TPSA) is 46.3 Å². The fourth-order valence-corrected chi connectivity index (χ4v) is 3.28. The average Bonchev–Trinajstić information content (AvgIpc) is 2.72. The maximum atomic E-state index is 12.6. The predicted octanol–water partition coefficient (Wildman–Crippen LogP) is 3.71. The number of nitrogens with zero attached hydrogens (tertiary/aromatic N) is 1. The van der Waals surface area contributed by atoms with Crippen molar-refractivity contribution in [3.05, 3.63) is 28.8 Å². The number of hydrogen-bond acceptors (Lipinski definition) is 2. The van der Waals surface area contributed by atoms with E-state index in [1.54, 1.807) is 17.0 Å². The third kappa shape index (κ3) is 3.09. The highest BCUT2D eigenvalue weighted by atomic mass is 35.5. The highest BCUT2D eigenvalue weighted by molar-refractivity contribution is 6.31. The number of amides is 1. The van der Waals surface area contributed by atoms with Crippen molar-refractivity contribution in [1.82, 2.24) is 4.90 Å². The molecule has 1 aromatic rings. The van der Waals surface area contributed by atoms with Crippen LogP contribution in [0.2, 0.25) is 5.02 Å². The van der Waals surface area contributed by atoms with Crippen molar-refractivity contribution in [2.24, 2.45) is 11.3 Å². The molecule has 4 heteroatoms. The molecule has 2 rings (SSSR count). The Morgan fingerprint density at radius 2 is 2.20 bits per heavy atom. The quantitative estimate of drug-likeness (QED) is 0.864. The third-order valence-electron chi connectivity index (χ3n) is 4.41. The number of anilines is 1. The van der Waals surface area contributed by atoms with E-state index < -0.39 is 0 Å². The third-order valence-corrected chi connectivity index (χ3v) is 4.78. The molecule has 0 bridgehead atoms. The van der Waals surface area contributed by atoms with E-state index in [1.165, 1.54) is 0 Å². The Balaban J connectivity index is 2.10. The largest absolute Gasteiger partial charge is 0.399 e. The number of benzene rings is 1. The van der Waals surface area contributed by atoms with Crippen molar-refractivity contribution in [2.75, 3.05) is 12.8 Å². The molecule has 0 aliphatic heterocycles. The second kappa shape index (κ2) is 5.65. The van der Waals surface area contributed by atoms with Crippen molar-refractivity contribution < 1.29 is 4.79 Å². The number of carbonyl (C=O) groups excluding carboxylic acids is 1. The van der Waals surface area contributed by atoms with Crippen LogP contribution in [0.25, 0.3) is 0 Å². The Labute approximate surface area is 126 Å². The zero-order valence-electron chi connectivity index (χ0n) is 12.4. The van der Waals surface area contributed by atoms with E-state index in [4.69, 9.17) is 17.3 Å². The van der Waals surface area contributed by atoms with Crippen LogP contribution in [0, 0.1) is 11.3 Å². The molecule has 1 atom stereocenters. The highest BCUT2D eigenvalue weighted by Gasteiger charge is 2.40. The number of halogens is 1. The maximum Gasteiger partial charge on any atom is 0.226 e. The molecule has 20 heavy (non-hydrogen) atoms. The minimum Gasteiger partial charge on any atom is -0.399 e. The fourth-order valence-electron chi connectivity index (χ4n) is 3.10. The van der Waals surface area contributed by atoms with Crippen LogP contribution in [0.5, 0.6) is 0 Å². The minimum absolute atomic E-state index is 0.102. The summed E-state index contributed by atoms with van der Waals surface area (Å²) in [6, 6.07) is 5.39. The number of carbonyl (C=O) groups is 1. The molecule has 1 saturated carbocycles. The SMILES string of the molecule is CN(Cc1cc(N)ccc1Cl)C(=O)C1CCCC1(C)C. The normalized spacial score (nSPS) is 20.9. The molecule has 0 radical (unpaired) electrons. The summed E-state index contributed by atoms with van der Waals surface area (Å²) in [6.07, 6.45) is 3.24. The minimum atomic E-state index is 0.102. The van der Waals surface area contributed by atoms with Gasteiger partial charge < -0.3 is 10.6 Å². The number of rotatable bonds is 3. The molecule has 3 nitrogen and oxygen atoms in total. The molecule has 1 aromatic carbocycles. The summed E-state index contributed by atoms with van der Waals surface area (Å²) in [6.45, 7) is 4.88. The van der Waals surface area contributed by atoms with Gasteiger partial charge in [-0.2, -0.15) is 0 Å². The van der Waals surface area contributed by atoms with E-state index in [0.29, 0.717) is 17.3 Å². The molecule has 1 fully saturated rings. The Morgan fingerprint density at radius 3 is 2.80 bits per heavy atom. The van der Waals surface area contributed by atoms with E-state index in [0.717, 1.165) is 24.8 Å². The maximum absolute atomic E-state index is 12.6. The van der Waals surface area contributed by atoms with Crippen LogP contribution in [0.3, 0.4) is 0 Å². The molecule has 1 aliphatic rings. The number of hydrogen-bond donors (Lipinski definition) is 1. The molecule has 0 spiro atoms. The van der Waals surface area contributed by atoms with Crippen LogP contribution in [-0.2, 0) is 11.3 Å². The Kier molecular flexibility index (Phi) is 4.28. The summed E-state index contributed by atoms with van der Waals surface area (Å²) in [7, 11) is 1.84. The monoisotopic (exact) mass is 294 g/mol. The van der Waals surface area contributed by atoms with Gasteiger partial charge in [-0.25, -0.2) is 0 Å². The molecule has 0 aromatic heterocycles. The van der Waals surface area contributed by atoms with Gasteiger partial charge in [-0.1, -0.05) is 31.9 Å². The summed E-state index contributed by atoms with van der Waals surface area (Å²) >= 11 is 6.17. The van der Waals surface area contributed by atoms with Gasteiger partial charge in [-0.3, -0.25) is 4.79 Å². The smallest absolute Gasteiger partial charge is 0.226 e. The van der Waals surface area contributed by atoms with Crippen LogP contribution in [0.4, 0.5) is 5.69 Å². The number of nitrogen functional groups attached to an aromatic ring is 1. The fraction of sp³-hybridized carbons (Fsp3) is 0.562. The molecule has 2 N–H and O–H groups in total. The van der Waals surface area contributed by atoms with E-state index in [1.807, 2.05) is 13.1 Å². The second-order valence-electron chi connectivity index (χ2n) is 6.48. The summed E-state index contributed by atoms with van der Waals surface area (Å²) in [4.78, 5) is 14.4. The molecule has 1 unspecified atom stereocenters. The van der Waals surface area contributed by atoms with Crippen molar-refractivity contribution in [3.63, 3.8) is 0 Å². The van der Waals surface area contributed by atoms with Gasteiger partial charge in [0.2, 0.25) is 5.91 Å². The molecule has 0 heterocycles. The molecular weight excluding hydrogens is 272 g/mol. The summed E-state index contributed by atoms with van der Waals surface area (Å²) < 4.78 is 0. The van der Waals surface area contributed by atoms with Crippen LogP contribution >= 0.6 is 11.6 Å². The molecular formula is C16H23ClN2O. The van der Waals surface area contributed by atoms with Gasteiger partial charge in [-0.15, -0.1) is 0 Å². The summed E-state index contributed by atoms with van der Waals surface area (Å²) in [5.74, 6) is 0.332. The van der Waals surface area contributed by atoms with E-state index in [9.17, 15) is 4.79 Å². The van der Waals surface area contributed by atoms with E-state index in [-0.39, 0.29) is 17.2 Å². The van der Waals surface area contributed by atoms with Gasteiger partial charge in [0.15, 0.2) is 0 Å². The van der Waals surface area contributed by atoms with Gasteiger partial charge in [0.25, 0.3) is 0 Å². The van der Waals surface area contributed by atoms with Crippen LogP contribution in [0.15, 0.2) is 18.2 Å². The van der Waals surface area contributed by atoms with Crippen LogP contribution in [-0.4, -0.2) is 17.9 Å². The van der Waals surface area contributed by atoms with Crippen molar-refractivity contribution >= 4 is 23.2 Å². The van der Waals surface area contributed by atoms with Crippen molar-refractivity contribution in [2.45, 2.75) is 39.7 Å². The molecule has 1 amide bonds. The van der Waals surface area contributed by atoms with E-state index >= 15 is 0 Å². The lowest BCUT2D eigenvalue weighted by Gasteiger charge is -2.30. The first-order valence-corrected chi connectivity index (χ1v) is 7.48. The Bertz CT molecular complexity index is 513. The summed E-state index contributed by atoms with van der Waals surface area (Å²) in [5, 5.41) is 0.657. The average molecular weight is 295 g/mol. The lowest BCUT2D eigenvalue weighted by atomic mass is 9.81. The van der Waals surface area contributed by atoms with Crippen LogP contribution < -0.4 is 5.73 Å². The van der Waals surface area contributed by atoms with Gasteiger partial charge in [0.1, 0.15) is 0 Å². The first kappa shape index (κ1) is 15.2. The lowest BCUT2D eigenvalue weighted by Crippen LogP contribution is -2.37. The van der Waals surface area contributed by atoms with Crippen molar-refractivity contribution in [1.29, 1.82) is 0 Å². The standard InChI is InChI=1S/C16H23ClN2O/c1-16(2)8-4-5-13(16)15(20)19(3)10-11-9-12(18)6-7-14(11)17/h6-7,9,13H,4-5,8,10,18H2,1-3H3. The first-order valence-electron chi connectivity index (χ1n) is 7.10. The number of nitrogens with two attached hydrogens (primary N) is 1. The van der Waals surface area contributed by atoms with Gasteiger partial charge in [-0.05, 0) is 42.0 Å². The van der Waals surface area contributed by atoms with Gasteiger partial charge in [0.05, 0.1) is 0 Å². The van der Waals surface area contributed by atoms with Crippen LogP contribution in [0.1, 0.15) is 38.7 Å². The zero-order chi connectivity index (χ0) is 14.9. The first-order chi connectivity index (χ1) is 9.31. The van der Waals surface area contributed by atoms with E-state index in [2.05, 4.69) is 13.8 Å². The Hall–Kier alpha value is -1.22. The molecule has 110 valence electrons. The highest BCUT2D eigenvalue weighted by Crippen LogP contribution is 2.43. The summed E-state index contributed by atoms with van der Waals surface area (Å²) in [5.41, 5.74) is 7.46. The predicted molar refractivity (Wildman–Crippen MR) is 83.5 cm³/mol. The van der Waals surface area contributed by atoms with Gasteiger partial charge in [0, 0.05) is 30.2 Å². The van der Waals surface area contributed by atoms with Crippen molar-refractivity contribution in [3.8, 4) is 0 Å². The Morgan fingerprint density at radius 1 is 1.50 bits per heavy atom.